The van der Waals surface area contributed by atoms with Crippen LogP contribution in [0.1, 0.15) is 65.0 Å². The number of halogens is 3. The molecule has 1 N–H and O–H groups in total. The molecule has 2 amide bonds. The van der Waals surface area contributed by atoms with E-state index in [4.69, 9.17) is 4.74 Å². The number of benzene rings is 1. The first kappa shape index (κ1) is 26.9. The van der Waals surface area contributed by atoms with Crippen LogP contribution in [0.25, 0.3) is 0 Å². The van der Waals surface area contributed by atoms with Gasteiger partial charge in [-0.05, 0) is 74.9 Å². The fourth-order valence-electron chi connectivity index (χ4n) is 5.36. The van der Waals surface area contributed by atoms with Crippen LogP contribution in [0.5, 0.6) is 5.75 Å². The van der Waals surface area contributed by atoms with Crippen molar-refractivity contribution in [2.75, 3.05) is 32.8 Å². The predicted molar refractivity (Wildman–Crippen MR) is 132 cm³/mol. The number of ether oxygens (including phenoxy) is 1. The van der Waals surface area contributed by atoms with Crippen molar-refractivity contribution in [2.45, 2.75) is 58.3 Å². The minimum Gasteiger partial charge on any atom is -0.483 e. The van der Waals surface area contributed by atoms with Gasteiger partial charge < -0.3 is 15.0 Å². The van der Waals surface area contributed by atoms with Gasteiger partial charge in [-0.3, -0.25) is 19.5 Å². The van der Waals surface area contributed by atoms with Crippen LogP contribution in [0.2, 0.25) is 0 Å². The Balaban J connectivity index is 1.44. The van der Waals surface area contributed by atoms with Crippen molar-refractivity contribution < 1.29 is 27.5 Å². The Morgan fingerprint density at radius 3 is 2.57 bits per heavy atom. The first-order valence-corrected chi connectivity index (χ1v) is 12.7. The second-order valence-electron chi connectivity index (χ2n) is 9.66. The Morgan fingerprint density at radius 2 is 1.89 bits per heavy atom. The zero-order valence-electron chi connectivity index (χ0n) is 21.4. The number of fused-ring (bicyclic) bond motifs is 1. The molecular weight excluding hydrogens is 485 g/mol. The number of pyridine rings is 1. The van der Waals surface area contributed by atoms with E-state index < -0.39 is 11.9 Å². The largest absolute Gasteiger partial charge is 0.483 e. The Labute approximate surface area is 215 Å². The van der Waals surface area contributed by atoms with Gasteiger partial charge in [-0.15, -0.1) is 0 Å². The number of hydrogen-bond donors (Lipinski definition) is 1. The number of hydrogen-bond acceptors (Lipinski definition) is 5. The molecular formula is C27H33F3N4O3. The predicted octanol–water partition coefficient (Wildman–Crippen LogP) is 4.28. The number of nitrogens with zero attached hydrogens (tertiary/aromatic N) is 3. The van der Waals surface area contributed by atoms with E-state index in [0.29, 0.717) is 31.9 Å². The van der Waals surface area contributed by atoms with Crippen molar-refractivity contribution >= 4 is 11.8 Å². The van der Waals surface area contributed by atoms with Crippen LogP contribution < -0.4 is 10.1 Å². The lowest BCUT2D eigenvalue weighted by Crippen LogP contribution is -2.57. The second kappa shape index (κ2) is 11.1. The van der Waals surface area contributed by atoms with Gasteiger partial charge in [-0.2, -0.15) is 13.2 Å². The summed E-state index contributed by atoms with van der Waals surface area (Å²) in [6.45, 7) is 8.18. The number of piperazine rings is 1. The lowest BCUT2D eigenvalue weighted by atomic mass is 9.86. The van der Waals surface area contributed by atoms with Crippen molar-refractivity contribution in [1.82, 2.24) is 20.1 Å². The molecule has 7 nitrogen and oxygen atoms in total. The van der Waals surface area contributed by atoms with E-state index in [9.17, 15) is 22.8 Å². The molecule has 4 rings (SSSR count). The molecule has 0 unspecified atom stereocenters. The molecule has 2 aliphatic rings. The van der Waals surface area contributed by atoms with E-state index in [1.54, 1.807) is 4.90 Å². The van der Waals surface area contributed by atoms with Gasteiger partial charge in [0.25, 0.3) is 11.8 Å². The average Bonchev–Trinajstić information content (AvgIpc) is 2.88. The molecule has 0 aliphatic carbocycles. The first-order valence-electron chi connectivity index (χ1n) is 12.7. The maximum absolute atomic E-state index is 13.0. The maximum atomic E-state index is 13.0. The van der Waals surface area contributed by atoms with Crippen LogP contribution in [0, 0.1) is 13.8 Å². The molecule has 0 radical (unpaired) electrons. The van der Waals surface area contributed by atoms with Gasteiger partial charge in [0.05, 0.1) is 5.56 Å². The van der Waals surface area contributed by atoms with E-state index in [0.717, 1.165) is 42.7 Å². The number of carbonyl (C=O) groups excluding carboxylic acids is 2. The third-order valence-electron chi connectivity index (χ3n) is 7.40. The SMILES string of the molecule is CCNC(=O)COc1ccc([C@H]2CCC[C@H]3CN(C(=O)c4ccc(C(F)(F)F)nc4)CCN32)c(C)c1C. The number of aromatic nitrogens is 1. The molecule has 0 saturated carbocycles. The summed E-state index contributed by atoms with van der Waals surface area (Å²) >= 11 is 0. The van der Waals surface area contributed by atoms with Crippen molar-refractivity contribution in [1.29, 1.82) is 0 Å². The topological polar surface area (TPSA) is 74.8 Å². The molecule has 200 valence electrons. The minimum atomic E-state index is -4.53. The minimum absolute atomic E-state index is 0.0244. The number of amides is 2. The molecule has 2 atom stereocenters. The highest BCUT2D eigenvalue weighted by atomic mass is 19.4. The van der Waals surface area contributed by atoms with Crippen molar-refractivity contribution in [3.8, 4) is 5.75 Å². The standard InChI is InChI=1S/C27H33F3N4O3/c1-4-31-25(35)16-37-23-10-9-21(17(2)18(23)3)22-7-5-6-20-15-33(12-13-34(20)22)26(36)19-8-11-24(32-14-19)27(28,29)30/h8-11,14,20,22H,4-7,12-13,15-16H2,1-3H3,(H,31,35)/t20-,22+/m0/s1. The quantitative estimate of drug-likeness (QED) is 0.618. The van der Waals surface area contributed by atoms with Crippen molar-refractivity contribution in [3.05, 3.63) is 58.4 Å². The summed E-state index contributed by atoms with van der Waals surface area (Å²) in [7, 11) is 0. The van der Waals surface area contributed by atoms with Gasteiger partial charge in [0.2, 0.25) is 0 Å². The van der Waals surface area contributed by atoms with Gasteiger partial charge in [-0.1, -0.05) is 6.07 Å². The van der Waals surface area contributed by atoms with E-state index >= 15 is 0 Å². The monoisotopic (exact) mass is 518 g/mol. The molecule has 3 heterocycles. The summed E-state index contributed by atoms with van der Waals surface area (Å²) < 4.78 is 44.2. The Kier molecular flexibility index (Phi) is 8.06. The third kappa shape index (κ3) is 5.89. The summed E-state index contributed by atoms with van der Waals surface area (Å²) in [5.74, 6) is 0.252. The number of rotatable bonds is 6. The maximum Gasteiger partial charge on any atom is 0.433 e. The zero-order valence-corrected chi connectivity index (χ0v) is 21.4. The van der Waals surface area contributed by atoms with Crippen LogP contribution in [0.4, 0.5) is 13.2 Å². The summed E-state index contributed by atoms with van der Waals surface area (Å²) in [5.41, 5.74) is 2.53. The van der Waals surface area contributed by atoms with Crippen molar-refractivity contribution in [2.24, 2.45) is 0 Å². The molecule has 1 aromatic carbocycles. The third-order valence-corrected chi connectivity index (χ3v) is 7.40. The smallest absolute Gasteiger partial charge is 0.433 e. The normalized spacial score (nSPS) is 20.3. The molecule has 37 heavy (non-hydrogen) atoms. The lowest BCUT2D eigenvalue weighted by Gasteiger charge is -2.48. The molecule has 2 fully saturated rings. The van der Waals surface area contributed by atoms with Gasteiger partial charge in [-0.25, -0.2) is 0 Å². The number of carbonyl (C=O) groups is 2. The summed E-state index contributed by atoms with van der Waals surface area (Å²) in [4.78, 5) is 32.4. The molecule has 2 aromatic rings. The number of likely N-dealkylation sites (N-methyl/N-ethyl adjacent to an activating group) is 1. The van der Waals surface area contributed by atoms with Crippen LogP contribution in [-0.2, 0) is 11.0 Å². The molecule has 0 spiro atoms. The number of alkyl halides is 3. The Morgan fingerprint density at radius 1 is 1.11 bits per heavy atom. The second-order valence-corrected chi connectivity index (χ2v) is 9.66. The fraction of sp³-hybridized carbons (Fsp3) is 0.519. The van der Waals surface area contributed by atoms with Crippen molar-refractivity contribution in [3.63, 3.8) is 0 Å². The number of nitrogens with one attached hydrogen (secondary N) is 1. The van der Waals surface area contributed by atoms with Crippen LogP contribution in [0.15, 0.2) is 30.5 Å². The molecule has 0 bridgehead atoms. The summed E-state index contributed by atoms with van der Waals surface area (Å²) in [6, 6.07) is 6.45. The lowest BCUT2D eigenvalue weighted by molar-refractivity contribution is -0.141. The highest BCUT2D eigenvalue weighted by Crippen LogP contribution is 2.39. The van der Waals surface area contributed by atoms with E-state index in [1.807, 2.05) is 19.9 Å². The highest BCUT2D eigenvalue weighted by molar-refractivity contribution is 5.94. The molecule has 1 aromatic heterocycles. The van der Waals surface area contributed by atoms with E-state index in [1.165, 1.54) is 11.6 Å². The fourth-order valence-corrected chi connectivity index (χ4v) is 5.36. The zero-order chi connectivity index (χ0) is 26.7. The van der Waals surface area contributed by atoms with Gasteiger partial charge in [0, 0.05) is 44.5 Å². The number of piperidine rings is 1. The highest BCUT2D eigenvalue weighted by Gasteiger charge is 2.38. The molecule has 10 heteroatoms. The van der Waals surface area contributed by atoms with Crippen LogP contribution >= 0.6 is 0 Å². The van der Waals surface area contributed by atoms with Gasteiger partial charge in [0.15, 0.2) is 6.61 Å². The Hall–Kier alpha value is -3.14. The molecule has 2 aliphatic heterocycles. The van der Waals surface area contributed by atoms with Crippen LogP contribution in [0.3, 0.4) is 0 Å². The molecule has 2 saturated heterocycles. The van der Waals surface area contributed by atoms with Gasteiger partial charge in [0.1, 0.15) is 11.4 Å². The average molecular weight is 519 g/mol. The van der Waals surface area contributed by atoms with E-state index in [2.05, 4.69) is 28.2 Å². The summed E-state index contributed by atoms with van der Waals surface area (Å²) in [5, 5.41) is 2.73. The van der Waals surface area contributed by atoms with Crippen LogP contribution in [-0.4, -0.2) is 65.4 Å². The summed E-state index contributed by atoms with van der Waals surface area (Å²) in [6.07, 6.45) is -0.536. The van der Waals surface area contributed by atoms with E-state index in [-0.39, 0.29) is 36.1 Å². The Bertz CT molecular complexity index is 1140. The first-order chi connectivity index (χ1) is 17.6. The van der Waals surface area contributed by atoms with Gasteiger partial charge >= 0.3 is 6.18 Å².